The summed E-state index contributed by atoms with van der Waals surface area (Å²) >= 11 is 0. The molecule has 0 aliphatic heterocycles. The Labute approximate surface area is 149 Å². The van der Waals surface area contributed by atoms with Crippen molar-refractivity contribution in [3.63, 3.8) is 0 Å². The van der Waals surface area contributed by atoms with Gasteiger partial charge in [0.1, 0.15) is 17.4 Å². The number of fused-ring (bicyclic) bond motifs is 1. The average Bonchev–Trinajstić information content (AvgIpc) is 3.03. The maximum Gasteiger partial charge on any atom is 0.135 e. The van der Waals surface area contributed by atoms with Crippen LogP contribution in [0.15, 0.2) is 59.0 Å². The number of para-hydroxylation sites is 1. The fraction of sp³-hybridized carbons (Fsp3) is 0.364. The lowest BCUT2D eigenvalue weighted by atomic mass is 9.94. The summed E-state index contributed by atoms with van der Waals surface area (Å²) in [5.41, 5.74) is 3.39. The lowest BCUT2D eigenvalue weighted by molar-refractivity contribution is 0.137. The molecule has 25 heavy (non-hydrogen) atoms. The first-order chi connectivity index (χ1) is 11.9. The molecule has 3 nitrogen and oxygen atoms in total. The van der Waals surface area contributed by atoms with Gasteiger partial charge in [0.15, 0.2) is 0 Å². The summed E-state index contributed by atoms with van der Waals surface area (Å²) in [6.45, 7) is 6.93. The number of aliphatic hydroxyl groups excluding tert-OH is 1. The van der Waals surface area contributed by atoms with E-state index in [2.05, 4.69) is 50.4 Å². The Morgan fingerprint density at radius 3 is 2.52 bits per heavy atom. The highest BCUT2D eigenvalue weighted by Gasteiger charge is 2.20. The molecule has 1 atom stereocenters. The van der Waals surface area contributed by atoms with E-state index in [1.54, 1.807) is 0 Å². The fourth-order valence-corrected chi connectivity index (χ4v) is 2.94. The molecule has 2 aromatic carbocycles. The van der Waals surface area contributed by atoms with E-state index in [1.165, 1.54) is 11.1 Å². The molecule has 1 aromatic heterocycles. The van der Waals surface area contributed by atoms with Crippen LogP contribution in [0.5, 0.6) is 0 Å². The van der Waals surface area contributed by atoms with Gasteiger partial charge in [0.05, 0.1) is 0 Å². The van der Waals surface area contributed by atoms with Crippen LogP contribution in [0.4, 0.5) is 0 Å². The average molecular weight is 337 g/mol. The van der Waals surface area contributed by atoms with Gasteiger partial charge in [-0.3, -0.25) is 0 Å². The van der Waals surface area contributed by atoms with Gasteiger partial charge in [0, 0.05) is 17.5 Å². The van der Waals surface area contributed by atoms with E-state index < -0.39 is 6.10 Å². The molecule has 3 aromatic rings. The Morgan fingerprint density at radius 2 is 1.80 bits per heavy atom. The van der Waals surface area contributed by atoms with Crippen LogP contribution in [0.2, 0.25) is 0 Å². The smallest absolute Gasteiger partial charge is 0.135 e. The number of hydrogen-bond donors (Lipinski definition) is 2. The minimum Gasteiger partial charge on any atom is -0.458 e. The standard InChI is InChI=1S/C22H27NO2/c1-16-8-10-17(11-9-16)12-13-22(2,3)23-15-19(24)21-14-18-6-4-5-7-20(18)25-21/h4-11,14,19,23-24H,12-13,15H2,1-3H3. The Morgan fingerprint density at radius 1 is 1.08 bits per heavy atom. The maximum atomic E-state index is 10.4. The van der Waals surface area contributed by atoms with Crippen LogP contribution in [0.1, 0.15) is 43.3 Å². The number of aliphatic hydroxyl groups is 1. The van der Waals surface area contributed by atoms with E-state index in [0.717, 1.165) is 23.8 Å². The molecule has 0 bridgehead atoms. The first-order valence-electron chi connectivity index (χ1n) is 8.90. The predicted molar refractivity (Wildman–Crippen MR) is 103 cm³/mol. The van der Waals surface area contributed by atoms with E-state index in [4.69, 9.17) is 4.42 Å². The van der Waals surface area contributed by atoms with Crippen LogP contribution in [0, 0.1) is 6.92 Å². The zero-order chi connectivity index (χ0) is 17.9. The topological polar surface area (TPSA) is 45.4 Å². The van der Waals surface area contributed by atoms with Crippen molar-refractivity contribution in [2.75, 3.05) is 6.54 Å². The first-order valence-corrected chi connectivity index (χ1v) is 8.90. The van der Waals surface area contributed by atoms with Crippen molar-refractivity contribution in [2.45, 2.75) is 45.3 Å². The summed E-state index contributed by atoms with van der Waals surface area (Å²) in [4.78, 5) is 0. The minimum atomic E-state index is -0.647. The normalized spacial score (nSPS) is 13.3. The van der Waals surface area contributed by atoms with Gasteiger partial charge in [-0.25, -0.2) is 0 Å². The van der Waals surface area contributed by atoms with Gasteiger partial charge in [0.25, 0.3) is 0 Å². The summed E-state index contributed by atoms with van der Waals surface area (Å²) in [5.74, 6) is 0.614. The zero-order valence-corrected chi connectivity index (χ0v) is 15.3. The number of aryl methyl sites for hydroxylation is 2. The van der Waals surface area contributed by atoms with Crippen molar-refractivity contribution >= 4 is 11.0 Å². The largest absolute Gasteiger partial charge is 0.458 e. The third-order valence-electron chi connectivity index (χ3n) is 4.71. The Bertz CT molecular complexity index is 784. The molecular weight excluding hydrogens is 310 g/mol. The molecule has 1 unspecified atom stereocenters. The number of rotatable bonds is 7. The molecule has 0 spiro atoms. The summed E-state index contributed by atoms with van der Waals surface area (Å²) in [6, 6.07) is 18.4. The number of furan rings is 1. The van der Waals surface area contributed by atoms with Crippen LogP contribution in [-0.2, 0) is 6.42 Å². The summed E-state index contributed by atoms with van der Waals surface area (Å²) in [7, 11) is 0. The first kappa shape index (κ1) is 17.7. The number of benzene rings is 2. The Kier molecular flexibility index (Phi) is 5.26. The van der Waals surface area contributed by atoms with Crippen molar-refractivity contribution in [3.8, 4) is 0 Å². The number of nitrogens with one attached hydrogen (secondary N) is 1. The Balaban J connectivity index is 1.54. The second-order valence-electron chi connectivity index (χ2n) is 7.45. The second-order valence-corrected chi connectivity index (χ2v) is 7.45. The van der Waals surface area contributed by atoms with Gasteiger partial charge in [-0.05, 0) is 51.3 Å². The van der Waals surface area contributed by atoms with Gasteiger partial charge in [-0.2, -0.15) is 0 Å². The second kappa shape index (κ2) is 7.42. The molecule has 0 amide bonds. The van der Waals surface area contributed by atoms with E-state index in [1.807, 2.05) is 30.3 Å². The Hall–Kier alpha value is -2.10. The fourth-order valence-electron chi connectivity index (χ4n) is 2.94. The van der Waals surface area contributed by atoms with Crippen LogP contribution in [-0.4, -0.2) is 17.2 Å². The van der Waals surface area contributed by atoms with Gasteiger partial charge < -0.3 is 14.8 Å². The molecule has 0 fully saturated rings. The predicted octanol–water partition coefficient (Wildman–Crippen LogP) is 4.78. The van der Waals surface area contributed by atoms with Crippen molar-refractivity contribution < 1.29 is 9.52 Å². The molecular formula is C22H27NO2. The molecule has 3 rings (SSSR count). The van der Waals surface area contributed by atoms with Gasteiger partial charge in [-0.1, -0.05) is 48.0 Å². The van der Waals surface area contributed by atoms with Crippen LogP contribution >= 0.6 is 0 Å². The highest BCUT2D eigenvalue weighted by Crippen LogP contribution is 2.24. The van der Waals surface area contributed by atoms with Crippen LogP contribution in [0.3, 0.4) is 0 Å². The molecule has 0 saturated heterocycles. The van der Waals surface area contributed by atoms with E-state index in [9.17, 15) is 5.11 Å². The van der Waals surface area contributed by atoms with E-state index in [-0.39, 0.29) is 5.54 Å². The molecule has 1 heterocycles. The number of hydrogen-bond acceptors (Lipinski definition) is 3. The minimum absolute atomic E-state index is 0.0577. The van der Waals surface area contributed by atoms with E-state index >= 15 is 0 Å². The van der Waals surface area contributed by atoms with Crippen molar-refractivity contribution in [1.29, 1.82) is 0 Å². The molecule has 0 radical (unpaired) electrons. The quantitative estimate of drug-likeness (QED) is 0.652. The summed E-state index contributed by atoms with van der Waals surface area (Å²) < 4.78 is 5.75. The molecule has 0 saturated carbocycles. The molecule has 132 valence electrons. The van der Waals surface area contributed by atoms with Crippen molar-refractivity contribution in [1.82, 2.24) is 5.32 Å². The highest BCUT2D eigenvalue weighted by atomic mass is 16.4. The SMILES string of the molecule is Cc1ccc(CCC(C)(C)NCC(O)c2cc3ccccc3o2)cc1. The zero-order valence-electron chi connectivity index (χ0n) is 15.3. The third-order valence-corrected chi connectivity index (χ3v) is 4.71. The third kappa shape index (κ3) is 4.71. The van der Waals surface area contributed by atoms with Gasteiger partial charge >= 0.3 is 0 Å². The van der Waals surface area contributed by atoms with E-state index in [0.29, 0.717) is 12.3 Å². The van der Waals surface area contributed by atoms with Crippen LogP contribution < -0.4 is 5.32 Å². The lowest BCUT2D eigenvalue weighted by Crippen LogP contribution is -2.41. The number of β-amino-alcohol motifs (C(OH)–C–C–N with tert-alkyl or cyclic N) is 1. The summed E-state index contributed by atoms with van der Waals surface area (Å²) in [5, 5.41) is 14.9. The molecule has 0 aliphatic carbocycles. The lowest BCUT2D eigenvalue weighted by Gasteiger charge is -2.27. The summed E-state index contributed by atoms with van der Waals surface area (Å²) in [6.07, 6.45) is 1.37. The van der Waals surface area contributed by atoms with Crippen molar-refractivity contribution in [2.24, 2.45) is 0 Å². The van der Waals surface area contributed by atoms with Gasteiger partial charge in [-0.15, -0.1) is 0 Å². The molecule has 3 heteroatoms. The highest BCUT2D eigenvalue weighted by molar-refractivity contribution is 5.77. The monoisotopic (exact) mass is 337 g/mol. The molecule has 0 aliphatic rings. The van der Waals surface area contributed by atoms with Crippen LogP contribution in [0.25, 0.3) is 11.0 Å². The maximum absolute atomic E-state index is 10.4. The van der Waals surface area contributed by atoms with Gasteiger partial charge in [0.2, 0.25) is 0 Å². The van der Waals surface area contributed by atoms with Crippen molar-refractivity contribution in [3.05, 3.63) is 71.5 Å². The molecule has 2 N–H and O–H groups in total.